The molecular formula is C14H21F3N2. The molecule has 108 valence electrons. The molecule has 1 N–H and O–H groups in total. The summed E-state index contributed by atoms with van der Waals surface area (Å²) in [6, 6.07) is 9.26. The highest BCUT2D eigenvalue weighted by Gasteiger charge is 2.34. The van der Waals surface area contributed by atoms with Crippen molar-refractivity contribution in [1.29, 1.82) is 0 Å². The fourth-order valence-electron chi connectivity index (χ4n) is 2.44. The summed E-state index contributed by atoms with van der Waals surface area (Å²) >= 11 is 0. The third-order valence-electron chi connectivity index (χ3n) is 3.27. The highest BCUT2D eigenvalue weighted by Crippen LogP contribution is 2.25. The number of halogens is 3. The molecule has 0 heterocycles. The van der Waals surface area contributed by atoms with Gasteiger partial charge in [0.15, 0.2) is 0 Å². The molecule has 2 atom stereocenters. The summed E-state index contributed by atoms with van der Waals surface area (Å²) in [7, 11) is 3.30. The second-order valence-electron chi connectivity index (χ2n) is 4.68. The van der Waals surface area contributed by atoms with Gasteiger partial charge in [-0.25, -0.2) is 0 Å². The first kappa shape index (κ1) is 16.0. The van der Waals surface area contributed by atoms with Crippen LogP contribution in [-0.2, 0) is 0 Å². The van der Waals surface area contributed by atoms with Crippen molar-refractivity contribution in [2.45, 2.75) is 31.6 Å². The molecule has 2 nitrogen and oxygen atoms in total. The zero-order valence-electron chi connectivity index (χ0n) is 11.5. The Kier molecular flexibility index (Phi) is 5.82. The van der Waals surface area contributed by atoms with E-state index in [4.69, 9.17) is 0 Å². The van der Waals surface area contributed by atoms with Crippen molar-refractivity contribution in [3.05, 3.63) is 35.9 Å². The average Bonchev–Trinajstić information content (AvgIpc) is 2.34. The molecular weight excluding hydrogens is 253 g/mol. The lowest BCUT2D eigenvalue weighted by Crippen LogP contribution is -2.45. The van der Waals surface area contributed by atoms with Gasteiger partial charge in [0, 0.05) is 12.1 Å². The minimum absolute atomic E-state index is 0.112. The Labute approximate surface area is 112 Å². The number of rotatable bonds is 6. The summed E-state index contributed by atoms with van der Waals surface area (Å²) in [4.78, 5) is 1.37. The molecule has 0 aliphatic rings. The van der Waals surface area contributed by atoms with Gasteiger partial charge in [-0.05, 0) is 26.1 Å². The molecule has 1 aromatic rings. The summed E-state index contributed by atoms with van der Waals surface area (Å²) in [6.45, 7) is 1.02. The highest BCUT2D eigenvalue weighted by molar-refractivity contribution is 5.20. The Morgan fingerprint density at radius 3 is 2.21 bits per heavy atom. The van der Waals surface area contributed by atoms with Crippen LogP contribution in [0.3, 0.4) is 0 Å². The normalized spacial score (nSPS) is 15.5. The van der Waals surface area contributed by atoms with Gasteiger partial charge in [0.2, 0.25) is 0 Å². The van der Waals surface area contributed by atoms with Gasteiger partial charge in [-0.3, -0.25) is 4.90 Å². The van der Waals surface area contributed by atoms with E-state index in [-0.39, 0.29) is 12.1 Å². The van der Waals surface area contributed by atoms with Crippen molar-refractivity contribution in [3.63, 3.8) is 0 Å². The van der Waals surface area contributed by atoms with Crippen LogP contribution in [0.5, 0.6) is 0 Å². The summed E-state index contributed by atoms with van der Waals surface area (Å²) in [5, 5.41) is 3.13. The maximum absolute atomic E-state index is 12.5. The van der Waals surface area contributed by atoms with Crippen LogP contribution in [-0.4, -0.2) is 37.8 Å². The number of likely N-dealkylation sites (N-methyl/N-ethyl adjacent to an activating group) is 2. The molecule has 0 fully saturated rings. The van der Waals surface area contributed by atoms with Crippen LogP contribution in [0.15, 0.2) is 30.3 Å². The van der Waals surface area contributed by atoms with E-state index < -0.39 is 12.7 Å². The van der Waals surface area contributed by atoms with Gasteiger partial charge in [0.1, 0.15) is 0 Å². The molecule has 0 saturated carbocycles. The topological polar surface area (TPSA) is 15.3 Å². The smallest absolute Gasteiger partial charge is 0.312 e. The predicted molar refractivity (Wildman–Crippen MR) is 71.0 cm³/mol. The Bertz CT molecular complexity index is 365. The maximum atomic E-state index is 12.5. The van der Waals surface area contributed by atoms with Gasteiger partial charge in [-0.2, -0.15) is 13.2 Å². The first-order chi connectivity index (χ1) is 8.89. The fourth-order valence-corrected chi connectivity index (χ4v) is 2.44. The second-order valence-corrected chi connectivity index (χ2v) is 4.68. The molecule has 0 bridgehead atoms. The summed E-state index contributed by atoms with van der Waals surface area (Å²) in [6.07, 6.45) is -3.52. The van der Waals surface area contributed by atoms with Crippen molar-refractivity contribution in [3.8, 4) is 0 Å². The lowest BCUT2D eigenvalue weighted by atomic mass is 9.96. The van der Waals surface area contributed by atoms with E-state index in [1.54, 1.807) is 7.05 Å². The zero-order chi connectivity index (χ0) is 14.5. The van der Waals surface area contributed by atoms with Crippen molar-refractivity contribution < 1.29 is 13.2 Å². The SMILES string of the molecule is CCC(C(NC)c1ccccc1)N(C)CC(F)(F)F. The Balaban J connectivity index is 2.87. The van der Waals surface area contributed by atoms with Crippen molar-refractivity contribution >= 4 is 0 Å². The number of hydrogen-bond acceptors (Lipinski definition) is 2. The Morgan fingerprint density at radius 2 is 1.79 bits per heavy atom. The molecule has 2 unspecified atom stereocenters. The zero-order valence-corrected chi connectivity index (χ0v) is 11.5. The van der Waals surface area contributed by atoms with E-state index in [1.807, 2.05) is 37.3 Å². The van der Waals surface area contributed by atoms with E-state index in [1.165, 1.54) is 11.9 Å². The lowest BCUT2D eigenvalue weighted by molar-refractivity contribution is -0.148. The van der Waals surface area contributed by atoms with Crippen molar-refractivity contribution in [1.82, 2.24) is 10.2 Å². The van der Waals surface area contributed by atoms with E-state index in [0.717, 1.165) is 5.56 Å². The van der Waals surface area contributed by atoms with Crippen molar-refractivity contribution in [2.24, 2.45) is 0 Å². The third-order valence-corrected chi connectivity index (χ3v) is 3.27. The number of nitrogens with one attached hydrogen (secondary N) is 1. The van der Waals surface area contributed by atoms with E-state index in [9.17, 15) is 13.2 Å². The molecule has 0 radical (unpaired) electrons. The number of benzene rings is 1. The Morgan fingerprint density at radius 1 is 1.21 bits per heavy atom. The third kappa shape index (κ3) is 4.84. The summed E-state index contributed by atoms with van der Waals surface area (Å²) < 4.78 is 37.5. The number of nitrogens with zero attached hydrogens (tertiary/aromatic N) is 1. The van der Waals surface area contributed by atoms with Crippen LogP contribution in [0.25, 0.3) is 0 Å². The van der Waals surface area contributed by atoms with Gasteiger partial charge in [-0.1, -0.05) is 37.3 Å². The summed E-state index contributed by atoms with van der Waals surface area (Å²) in [5.74, 6) is 0. The molecule has 1 rings (SSSR count). The van der Waals surface area contributed by atoms with Gasteiger partial charge in [0.05, 0.1) is 6.54 Å². The molecule has 1 aromatic carbocycles. The number of alkyl halides is 3. The molecule has 0 saturated heterocycles. The monoisotopic (exact) mass is 274 g/mol. The molecule has 19 heavy (non-hydrogen) atoms. The van der Waals surface area contributed by atoms with Crippen LogP contribution < -0.4 is 5.32 Å². The van der Waals surface area contributed by atoms with E-state index in [2.05, 4.69) is 5.32 Å². The first-order valence-electron chi connectivity index (χ1n) is 6.38. The van der Waals surface area contributed by atoms with Gasteiger partial charge in [0.25, 0.3) is 0 Å². The van der Waals surface area contributed by atoms with Crippen LogP contribution >= 0.6 is 0 Å². The first-order valence-corrected chi connectivity index (χ1v) is 6.38. The molecule has 0 spiro atoms. The van der Waals surface area contributed by atoms with Gasteiger partial charge < -0.3 is 5.32 Å². The molecule has 0 aromatic heterocycles. The quantitative estimate of drug-likeness (QED) is 0.857. The largest absolute Gasteiger partial charge is 0.401 e. The van der Waals surface area contributed by atoms with E-state index in [0.29, 0.717) is 6.42 Å². The molecule has 5 heteroatoms. The molecule has 0 aliphatic carbocycles. The fraction of sp³-hybridized carbons (Fsp3) is 0.571. The Hall–Kier alpha value is -1.07. The predicted octanol–water partition coefficient (Wildman–Crippen LogP) is 3.22. The van der Waals surface area contributed by atoms with Crippen LogP contribution in [0.4, 0.5) is 13.2 Å². The van der Waals surface area contributed by atoms with Crippen LogP contribution in [0.2, 0.25) is 0 Å². The summed E-state index contributed by atoms with van der Waals surface area (Å²) in [5.41, 5.74) is 1.01. The van der Waals surface area contributed by atoms with Gasteiger partial charge >= 0.3 is 6.18 Å². The minimum atomic E-state index is -4.17. The van der Waals surface area contributed by atoms with E-state index >= 15 is 0 Å². The highest BCUT2D eigenvalue weighted by atomic mass is 19.4. The van der Waals surface area contributed by atoms with Crippen LogP contribution in [0.1, 0.15) is 24.9 Å². The minimum Gasteiger partial charge on any atom is -0.312 e. The molecule has 0 aliphatic heterocycles. The number of hydrogen-bond donors (Lipinski definition) is 1. The standard InChI is InChI=1S/C14H21F3N2/c1-4-12(19(3)10-14(15,16)17)13(18-2)11-8-6-5-7-9-11/h5-9,12-13,18H,4,10H2,1-3H3. The van der Waals surface area contributed by atoms with Crippen LogP contribution in [0, 0.1) is 0 Å². The maximum Gasteiger partial charge on any atom is 0.401 e. The molecule has 0 amide bonds. The average molecular weight is 274 g/mol. The van der Waals surface area contributed by atoms with Gasteiger partial charge in [-0.15, -0.1) is 0 Å². The lowest BCUT2D eigenvalue weighted by Gasteiger charge is -2.34. The second kappa shape index (κ2) is 6.91. The van der Waals surface area contributed by atoms with Crippen molar-refractivity contribution in [2.75, 3.05) is 20.6 Å².